The van der Waals surface area contributed by atoms with Gasteiger partial charge in [-0.2, -0.15) is 0 Å². The molecule has 1 heterocycles. The number of allylic oxidation sites excluding steroid dienone is 2. The summed E-state index contributed by atoms with van der Waals surface area (Å²) in [7, 11) is 0. The van der Waals surface area contributed by atoms with Crippen molar-refractivity contribution in [2.24, 2.45) is 23.7 Å². The van der Waals surface area contributed by atoms with Gasteiger partial charge in [-0.25, -0.2) is 0 Å². The van der Waals surface area contributed by atoms with Crippen LogP contribution in [0.2, 0.25) is 0 Å². The third kappa shape index (κ3) is 3.25. The molecule has 0 bridgehead atoms. The fraction of sp³-hybridized carbons (Fsp3) is 0.217. The van der Waals surface area contributed by atoms with Gasteiger partial charge in [-0.1, -0.05) is 85.0 Å². The van der Waals surface area contributed by atoms with Crippen LogP contribution in [0.25, 0.3) is 12.2 Å². The number of carbonyl (C=O) groups is 2. The zero-order chi connectivity index (χ0) is 17.9. The molecule has 3 nitrogen and oxygen atoms in total. The molecular weight excluding hydrogens is 324 g/mol. The molecule has 2 aromatic carbocycles. The fourth-order valence-corrected chi connectivity index (χ4v) is 4.01. The van der Waals surface area contributed by atoms with Crippen molar-refractivity contribution in [3.8, 4) is 0 Å². The van der Waals surface area contributed by atoms with Crippen LogP contribution in [0.3, 0.4) is 0 Å². The van der Waals surface area contributed by atoms with Crippen LogP contribution in [-0.2, 0) is 14.3 Å². The first-order valence-corrected chi connectivity index (χ1v) is 8.94. The van der Waals surface area contributed by atoms with E-state index in [1.54, 1.807) is 0 Å². The van der Waals surface area contributed by atoms with Gasteiger partial charge in [0.25, 0.3) is 0 Å². The highest BCUT2D eigenvalue weighted by atomic mass is 16.6. The lowest BCUT2D eigenvalue weighted by Gasteiger charge is -2.09. The number of cyclic esters (lactones) is 2. The molecule has 4 atom stereocenters. The average Bonchev–Trinajstić information content (AvgIpc) is 3.19. The summed E-state index contributed by atoms with van der Waals surface area (Å²) in [6, 6.07) is 20.0. The van der Waals surface area contributed by atoms with Gasteiger partial charge in [0.1, 0.15) is 0 Å². The summed E-state index contributed by atoms with van der Waals surface area (Å²) < 4.78 is 4.95. The Morgan fingerprint density at radius 2 is 1.12 bits per heavy atom. The Labute approximate surface area is 153 Å². The number of hydrogen-bond acceptors (Lipinski definition) is 3. The highest BCUT2D eigenvalue weighted by Gasteiger charge is 2.55. The molecule has 3 unspecified atom stereocenters. The molecule has 1 saturated carbocycles. The summed E-state index contributed by atoms with van der Waals surface area (Å²) in [4.78, 5) is 24.4. The molecule has 4 rings (SSSR count). The number of benzene rings is 2. The molecular formula is C23H20O3. The molecule has 1 aliphatic heterocycles. The molecule has 0 amide bonds. The van der Waals surface area contributed by atoms with Gasteiger partial charge in [-0.15, -0.1) is 0 Å². The second kappa shape index (κ2) is 7.12. The van der Waals surface area contributed by atoms with E-state index in [9.17, 15) is 9.59 Å². The van der Waals surface area contributed by atoms with Crippen LogP contribution in [0.15, 0.2) is 72.8 Å². The van der Waals surface area contributed by atoms with Crippen molar-refractivity contribution in [1.29, 1.82) is 0 Å². The van der Waals surface area contributed by atoms with Gasteiger partial charge in [0.15, 0.2) is 0 Å². The normalized spacial score (nSPS) is 28.0. The summed E-state index contributed by atoms with van der Waals surface area (Å²) in [6.45, 7) is 0. The van der Waals surface area contributed by atoms with Crippen LogP contribution in [0, 0.1) is 23.7 Å². The first-order valence-electron chi connectivity index (χ1n) is 8.94. The monoisotopic (exact) mass is 344 g/mol. The van der Waals surface area contributed by atoms with Gasteiger partial charge in [0.2, 0.25) is 0 Å². The topological polar surface area (TPSA) is 43.4 Å². The molecule has 0 radical (unpaired) electrons. The Morgan fingerprint density at radius 3 is 1.54 bits per heavy atom. The van der Waals surface area contributed by atoms with Crippen molar-refractivity contribution in [3.05, 3.63) is 83.9 Å². The molecule has 3 heteroatoms. The Kier molecular flexibility index (Phi) is 4.53. The molecule has 0 N–H and O–H groups in total. The van der Waals surface area contributed by atoms with Crippen molar-refractivity contribution in [2.45, 2.75) is 6.42 Å². The SMILES string of the molecule is O=C1OC(=O)[C@H]2C(C=Cc3ccccc3)CC(C=Cc3ccccc3)C12. The van der Waals surface area contributed by atoms with Gasteiger partial charge in [0.05, 0.1) is 11.8 Å². The molecule has 2 fully saturated rings. The van der Waals surface area contributed by atoms with Crippen molar-refractivity contribution >= 4 is 24.1 Å². The van der Waals surface area contributed by atoms with E-state index in [4.69, 9.17) is 4.74 Å². The van der Waals surface area contributed by atoms with Crippen molar-refractivity contribution in [3.63, 3.8) is 0 Å². The molecule has 130 valence electrons. The lowest BCUT2D eigenvalue weighted by Crippen LogP contribution is -2.19. The Hall–Kier alpha value is -2.94. The first-order chi connectivity index (χ1) is 12.7. The quantitative estimate of drug-likeness (QED) is 0.611. The van der Waals surface area contributed by atoms with E-state index in [0.29, 0.717) is 0 Å². The van der Waals surface area contributed by atoms with Crippen LogP contribution in [0.1, 0.15) is 17.5 Å². The van der Waals surface area contributed by atoms with Crippen molar-refractivity contribution < 1.29 is 14.3 Å². The van der Waals surface area contributed by atoms with E-state index >= 15 is 0 Å². The average molecular weight is 344 g/mol. The molecule has 0 aromatic heterocycles. The molecule has 2 aliphatic rings. The highest BCUT2D eigenvalue weighted by Crippen LogP contribution is 2.48. The first kappa shape index (κ1) is 16.5. The fourth-order valence-electron chi connectivity index (χ4n) is 4.01. The zero-order valence-corrected chi connectivity index (χ0v) is 14.3. The number of esters is 2. The van der Waals surface area contributed by atoms with E-state index in [-0.39, 0.29) is 35.6 Å². The minimum atomic E-state index is -0.377. The van der Waals surface area contributed by atoms with Gasteiger partial charge in [0, 0.05) is 0 Å². The standard InChI is InChI=1S/C23H20O3/c24-22-20-18(13-11-16-7-3-1-4-8-16)15-19(21(20)23(25)26-22)14-12-17-9-5-2-6-10-17/h1-14,18-21H,15H2/t18?,19?,20-,21?/m0/s1. The van der Waals surface area contributed by atoms with Crippen LogP contribution in [-0.4, -0.2) is 11.9 Å². The number of carbonyl (C=O) groups excluding carboxylic acids is 2. The number of rotatable bonds is 4. The van der Waals surface area contributed by atoms with E-state index in [2.05, 4.69) is 12.2 Å². The largest absolute Gasteiger partial charge is 0.393 e. The Balaban J connectivity index is 1.57. The predicted octanol–water partition coefficient (Wildman–Crippen LogP) is 4.37. The van der Waals surface area contributed by atoms with Crippen LogP contribution < -0.4 is 0 Å². The molecule has 1 aliphatic carbocycles. The minimum Gasteiger partial charge on any atom is -0.393 e. The summed E-state index contributed by atoms with van der Waals surface area (Å²) in [5.74, 6) is -1.45. The molecule has 2 aromatic rings. The van der Waals surface area contributed by atoms with Crippen molar-refractivity contribution in [2.75, 3.05) is 0 Å². The lowest BCUT2D eigenvalue weighted by atomic mass is 9.88. The van der Waals surface area contributed by atoms with Gasteiger partial charge in [-0.05, 0) is 29.4 Å². The predicted molar refractivity (Wildman–Crippen MR) is 101 cm³/mol. The summed E-state index contributed by atoms with van der Waals surface area (Å²) in [6.07, 6.45) is 8.96. The smallest absolute Gasteiger partial charge is 0.318 e. The second-order valence-electron chi connectivity index (χ2n) is 6.89. The third-order valence-corrected chi connectivity index (χ3v) is 5.27. The summed E-state index contributed by atoms with van der Waals surface area (Å²) in [5.41, 5.74) is 2.18. The van der Waals surface area contributed by atoms with E-state index < -0.39 is 0 Å². The molecule has 0 spiro atoms. The van der Waals surface area contributed by atoms with E-state index in [0.717, 1.165) is 17.5 Å². The molecule has 1 saturated heterocycles. The van der Waals surface area contributed by atoms with Crippen molar-refractivity contribution in [1.82, 2.24) is 0 Å². The Morgan fingerprint density at radius 1 is 0.692 bits per heavy atom. The van der Waals surface area contributed by atoms with Gasteiger partial charge < -0.3 is 4.74 Å². The second-order valence-corrected chi connectivity index (χ2v) is 6.89. The summed E-state index contributed by atoms with van der Waals surface area (Å²) in [5, 5.41) is 0. The number of ether oxygens (including phenoxy) is 1. The van der Waals surface area contributed by atoms with Crippen LogP contribution >= 0.6 is 0 Å². The third-order valence-electron chi connectivity index (χ3n) is 5.27. The zero-order valence-electron chi connectivity index (χ0n) is 14.3. The maximum atomic E-state index is 12.2. The minimum absolute atomic E-state index is 0.0181. The van der Waals surface area contributed by atoms with Crippen LogP contribution in [0.4, 0.5) is 0 Å². The maximum Gasteiger partial charge on any atom is 0.318 e. The highest BCUT2D eigenvalue weighted by molar-refractivity contribution is 5.97. The van der Waals surface area contributed by atoms with E-state index in [1.165, 1.54) is 0 Å². The Bertz CT molecular complexity index is 780. The van der Waals surface area contributed by atoms with E-state index in [1.807, 2.05) is 72.8 Å². The van der Waals surface area contributed by atoms with Gasteiger partial charge >= 0.3 is 11.9 Å². The summed E-state index contributed by atoms with van der Waals surface area (Å²) >= 11 is 0. The number of hydrogen-bond donors (Lipinski definition) is 0. The lowest BCUT2D eigenvalue weighted by molar-refractivity contribution is -0.154. The maximum absolute atomic E-state index is 12.2. The van der Waals surface area contributed by atoms with Gasteiger partial charge in [-0.3, -0.25) is 9.59 Å². The number of fused-ring (bicyclic) bond motifs is 1. The molecule has 26 heavy (non-hydrogen) atoms. The van der Waals surface area contributed by atoms with Crippen LogP contribution in [0.5, 0.6) is 0 Å².